The predicted molar refractivity (Wildman–Crippen MR) is 72.9 cm³/mol. The lowest BCUT2D eigenvalue weighted by Gasteiger charge is -2.17. The van der Waals surface area contributed by atoms with E-state index >= 15 is 0 Å². The topological polar surface area (TPSA) is 57.2 Å². The molecule has 0 atom stereocenters. The maximum atomic E-state index is 11.9. The molecule has 0 bridgehead atoms. The molecule has 1 amide bonds. The first-order valence-electron chi connectivity index (χ1n) is 5.28. The first kappa shape index (κ1) is 13.8. The van der Waals surface area contributed by atoms with Gasteiger partial charge in [-0.3, -0.25) is 4.79 Å². The average Bonchev–Trinajstić information content (AvgIpc) is 2.73. The third kappa shape index (κ3) is 3.60. The number of rotatable bonds is 4. The van der Waals surface area contributed by atoms with Crippen molar-refractivity contribution in [2.45, 2.75) is 13.8 Å². The molecule has 17 heavy (non-hydrogen) atoms. The molecule has 0 aromatic carbocycles. The van der Waals surface area contributed by atoms with Crippen LogP contribution in [0.1, 0.15) is 19.6 Å². The van der Waals surface area contributed by atoms with Crippen LogP contribution in [0.5, 0.6) is 0 Å². The summed E-state index contributed by atoms with van der Waals surface area (Å²) < 4.78 is 6.02. The Labute approximate surface area is 114 Å². The zero-order valence-electron chi connectivity index (χ0n) is 9.74. The summed E-state index contributed by atoms with van der Waals surface area (Å²) in [5.41, 5.74) is 0.0967. The largest absolute Gasteiger partial charge is 0.451 e. The molecule has 90 valence electrons. The van der Waals surface area contributed by atoms with Crippen LogP contribution < -0.4 is 0 Å². The Bertz CT molecular complexity index is 467. The Balaban J connectivity index is 2.96. The molecule has 0 spiro atoms. The second kappa shape index (κ2) is 6.45. The maximum absolute atomic E-state index is 11.9. The van der Waals surface area contributed by atoms with E-state index in [4.69, 9.17) is 9.68 Å². The van der Waals surface area contributed by atoms with E-state index in [1.165, 1.54) is 6.08 Å². The summed E-state index contributed by atoms with van der Waals surface area (Å²) in [5.74, 6) is 0.260. The van der Waals surface area contributed by atoms with Gasteiger partial charge < -0.3 is 9.32 Å². The van der Waals surface area contributed by atoms with Gasteiger partial charge in [-0.2, -0.15) is 5.26 Å². The molecule has 1 heterocycles. The molecule has 0 fully saturated rings. The van der Waals surface area contributed by atoms with Crippen LogP contribution in [0.25, 0.3) is 6.08 Å². The summed E-state index contributed by atoms with van der Waals surface area (Å²) in [5, 5.41) is 9.00. The fourth-order valence-corrected chi connectivity index (χ4v) is 1.81. The molecule has 0 aliphatic rings. The van der Waals surface area contributed by atoms with E-state index in [1.54, 1.807) is 17.0 Å². The van der Waals surface area contributed by atoms with Crippen LogP contribution in [-0.4, -0.2) is 23.9 Å². The molecule has 4 nitrogen and oxygen atoms in total. The number of furan rings is 1. The number of carbonyl (C=O) groups excluding carboxylic acids is 1. The van der Waals surface area contributed by atoms with Crippen LogP contribution >= 0.6 is 22.6 Å². The minimum Gasteiger partial charge on any atom is -0.451 e. The summed E-state index contributed by atoms with van der Waals surface area (Å²) >= 11 is 2.03. The Morgan fingerprint density at radius 1 is 1.53 bits per heavy atom. The number of hydrogen-bond donors (Lipinski definition) is 0. The van der Waals surface area contributed by atoms with Crippen LogP contribution in [0.3, 0.4) is 0 Å². The van der Waals surface area contributed by atoms with Gasteiger partial charge in [-0.05, 0) is 48.6 Å². The molecule has 0 radical (unpaired) electrons. The lowest BCUT2D eigenvalue weighted by molar-refractivity contribution is -0.126. The molecule has 1 rings (SSSR count). The fourth-order valence-electron chi connectivity index (χ4n) is 1.37. The van der Waals surface area contributed by atoms with E-state index in [2.05, 4.69) is 0 Å². The minimum atomic E-state index is -0.260. The van der Waals surface area contributed by atoms with E-state index < -0.39 is 0 Å². The lowest BCUT2D eigenvalue weighted by Crippen LogP contribution is -2.31. The Morgan fingerprint density at radius 3 is 2.59 bits per heavy atom. The minimum absolute atomic E-state index is 0.0967. The zero-order valence-corrected chi connectivity index (χ0v) is 11.9. The van der Waals surface area contributed by atoms with Crippen LogP contribution in [0, 0.1) is 15.1 Å². The predicted octanol–water partition coefficient (Wildman–Crippen LogP) is 2.66. The molecule has 0 aliphatic carbocycles. The van der Waals surface area contributed by atoms with Crippen molar-refractivity contribution < 1.29 is 9.21 Å². The number of nitriles is 1. The number of amides is 1. The van der Waals surface area contributed by atoms with Gasteiger partial charge in [-0.1, -0.05) is 0 Å². The van der Waals surface area contributed by atoms with Gasteiger partial charge in [-0.25, -0.2) is 0 Å². The van der Waals surface area contributed by atoms with Crippen molar-refractivity contribution in [1.29, 1.82) is 5.26 Å². The lowest BCUT2D eigenvalue weighted by atomic mass is 10.2. The molecule has 1 aromatic rings. The molecule has 0 saturated carbocycles. The van der Waals surface area contributed by atoms with Crippen molar-refractivity contribution in [3.8, 4) is 6.07 Å². The Kier molecular flexibility index (Phi) is 5.22. The third-order valence-electron chi connectivity index (χ3n) is 2.28. The normalized spacial score (nSPS) is 11.1. The van der Waals surface area contributed by atoms with Crippen LogP contribution in [0.2, 0.25) is 0 Å². The van der Waals surface area contributed by atoms with Crippen molar-refractivity contribution in [2.24, 2.45) is 0 Å². The van der Waals surface area contributed by atoms with Gasteiger partial charge in [0.15, 0.2) is 3.77 Å². The fraction of sp³-hybridized carbons (Fsp3) is 0.333. The molecular weight excluding hydrogens is 331 g/mol. The number of halogens is 1. The molecule has 0 aliphatic heterocycles. The van der Waals surface area contributed by atoms with Crippen molar-refractivity contribution >= 4 is 34.6 Å². The van der Waals surface area contributed by atoms with E-state index in [1.807, 2.05) is 42.5 Å². The van der Waals surface area contributed by atoms with Gasteiger partial charge >= 0.3 is 0 Å². The highest BCUT2D eigenvalue weighted by molar-refractivity contribution is 14.1. The monoisotopic (exact) mass is 344 g/mol. The molecule has 0 N–H and O–H groups in total. The molecule has 1 aromatic heterocycles. The van der Waals surface area contributed by atoms with E-state index in [0.717, 1.165) is 3.77 Å². The molecular formula is C12H13IN2O2. The van der Waals surface area contributed by atoms with Crippen molar-refractivity contribution in [1.82, 2.24) is 4.90 Å². The second-order valence-corrected chi connectivity index (χ2v) is 4.35. The molecule has 0 saturated heterocycles. The summed E-state index contributed by atoms with van der Waals surface area (Å²) in [6, 6.07) is 5.43. The first-order chi connectivity index (χ1) is 8.12. The Morgan fingerprint density at radius 2 is 2.18 bits per heavy atom. The smallest absolute Gasteiger partial charge is 0.264 e. The molecule has 0 unspecified atom stereocenters. The SMILES string of the molecule is CCN(CC)C(=O)/C(C#N)=C\c1ccc(I)o1. The van der Waals surface area contributed by atoms with Crippen LogP contribution in [0.4, 0.5) is 0 Å². The highest BCUT2D eigenvalue weighted by atomic mass is 127. The Hall–Kier alpha value is -1.29. The summed E-state index contributed by atoms with van der Waals surface area (Å²) in [6.07, 6.45) is 1.48. The van der Waals surface area contributed by atoms with Crippen LogP contribution in [0.15, 0.2) is 22.1 Å². The van der Waals surface area contributed by atoms with Gasteiger partial charge in [0.05, 0.1) is 0 Å². The van der Waals surface area contributed by atoms with E-state index in [9.17, 15) is 4.79 Å². The average molecular weight is 344 g/mol. The zero-order chi connectivity index (χ0) is 12.8. The number of carbonyl (C=O) groups is 1. The number of likely N-dealkylation sites (N-methyl/N-ethyl adjacent to an activating group) is 1. The maximum Gasteiger partial charge on any atom is 0.264 e. The highest BCUT2D eigenvalue weighted by Gasteiger charge is 2.15. The van der Waals surface area contributed by atoms with Gasteiger partial charge in [0, 0.05) is 19.2 Å². The third-order valence-corrected chi connectivity index (χ3v) is 2.86. The summed E-state index contributed by atoms with van der Waals surface area (Å²) in [6.45, 7) is 4.94. The summed E-state index contributed by atoms with van der Waals surface area (Å²) in [7, 11) is 0. The van der Waals surface area contributed by atoms with Gasteiger partial charge in [0.2, 0.25) is 0 Å². The first-order valence-corrected chi connectivity index (χ1v) is 6.36. The quantitative estimate of drug-likeness (QED) is 0.479. The van der Waals surface area contributed by atoms with Crippen molar-refractivity contribution in [3.63, 3.8) is 0 Å². The second-order valence-electron chi connectivity index (χ2n) is 3.29. The van der Waals surface area contributed by atoms with Gasteiger partial charge in [0.1, 0.15) is 17.4 Å². The standard InChI is InChI=1S/C12H13IN2O2/c1-3-15(4-2)12(16)9(8-14)7-10-5-6-11(13)17-10/h5-7H,3-4H2,1-2H3/b9-7-. The highest BCUT2D eigenvalue weighted by Crippen LogP contribution is 2.14. The van der Waals surface area contributed by atoms with Crippen molar-refractivity contribution in [3.05, 3.63) is 27.2 Å². The molecule has 5 heteroatoms. The van der Waals surface area contributed by atoms with E-state index in [0.29, 0.717) is 18.8 Å². The van der Waals surface area contributed by atoms with Gasteiger partial charge in [0.25, 0.3) is 5.91 Å². The van der Waals surface area contributed by atoms with Crippen molar-refractivity contribution in [2.75, 3.05) is 13.1 Å². The summed E-state index contributed by atoms with van der Waals surface area (Å²) in [4.78, 5) is 13.5. The number of nitrogens with zero attached hydrogens (tertiary/aromatic N) is 2. The van der Waals surface area contributed by atoms with Crippen LogP contribution in [-0.2, 0) is 4.79 Å². The van der Waals surface area contributed by atoms with E-state index in [-0.39, 0.29) is 11.5 Å². The number of hydrogen-bond acceptors (Lipinski definition) is 3. The van der Waals surface area contributed by atoms with Gasteiger partial charge in [-0.15, -0.1) is 0 Å².